The zero-order valence-electron chi connectivity index (χ0n) is 10.5. The van der Waals surface area contributed by atoms with Gasteiger partial charge in [-0.2, -0.15) is 0 Å². The predicted octanol–water partition coefficient (Wildman–Crippen LogP) is 2.10. The molecule has 0 radical (unpaired) electrons. The molecule has 1 aromatic carbocycles. The number of imidazole rings is 1. The van der Waals surface area contributed by atoms with Gasteiger partial charge in [-0.05, 0) is 24.3 Å². The van der Waals surface area contributed by atoms with E-state index >= 15 is 0 Å². The first-order valence-electron chi connectivity index (χ1n) is 6.10. The molecule has 0 aliphatic heterocycles. The topological polar surface area (TPSA) is 79.5 Å². The van der Waals surface area contributed by atoms with Gasteiger partial charge in [0.1, 0.15) is 0 Å². The third-order valence-corrected chi connectivity index (χ3v) is 2.75. The number of hydrogen-bond donors (Lipinski definition) is 2. The lowest BCUT2D eigenvalue weighted by Crippen LogP contribution is -1.99. The summed E-state index contributed by atoms with van der Waals surface area (Å²) in [5.41, 5.74) is 2.05. The lowest BCUT2D eigenvalue weighted by atomic mass is 10.3. The Labute approximate surface area is 114 Å². The van der Waals surface area contributed by atoms with Crippen LogP contribution in [0.5, 0.6) is 0 Å². The molecule has 0 saturated heterocycles. The number of para-hydroxylation sites is 1. The first-order chi connectivity index (χ1) is 9.70. The third kappa shape index (κ3) is 2.59. The van der Waals surface area contributed by atoms with Crippen molar-refractivity contribution in [1.82, 2.24) is 14.6 Å². The average molecular weight is 268 g/mol. The molecule has 6 nitrogen and oxygen atoms in total. The molecule has 0 aliphatic carbocycles. The minimum atomic E-state index is -0.906. The van der Waals surface area contributed by atoms with Gasteiger partial charge < -0.3 is 10.4 Å². The van der Waals surface area contributed by atoms with Crippen molar-refractivity contribution >= 4 is 23.1 Å². The number of nitrogens with zero attached hydrogens (tertiary/aromatic N) is 3. The van der Waals surface area contributed by atoms with E-state index in [1.54, 1.807) is 22.8 Å². The van der Waals surface area contributed by atoms with Crippen LogP contribution in [0.3, 0.4) is 0 Å². The van der Waals surface area contributed by atoms with Crippen LogP contribution in [0.1, 0.15) is 5.69 Å². The molecule has 0 aliphatic rings. The number of fused-ring (bicyclic) bond motifs is 1. The average Bonchev–Trinajstić information content (AvgIpc) is 2.80. The minimum absolute atomic E-state index is 0.106. The van der Waals surface area contributed by atoms with E-state index in [0.29, 0.717) is 17.2 Å². The van der Waals surface area contributed by atoms with Gasteiger partial charge in [0, 0.05) is 5.69 Å². The Morgan fingerprint density at radius 1 is 1.20 bits per heavy atom. The molecule has 0 fully saturated rings. The van der Waals surface area contributed by atoms with E-state index in [4.69, 9.17) is 5.11 Å². The van der Waals surface area contributed by atoms with Gasteiger partial charge in [-0.1, -0.05) is 18.2 Å². The number of aromatic nitrogens is 3. The molecule has 0 spiro atoms. The van der Waals surface area contributed by atoms with E-state index in [-0.39, 0.29) is 6.42 Å². The summed E-state index contributed by atoms with van der Waals surface area (Å²) in [6.07, 6.45) is 1.52. The van der Waals surface area contributed by atoms with Gasteiger partial charge >= 0.3 is 5.97 Å². The van der Waals surface area contributed by atoms with Crippen LogP contribution in [0.15, 0.2) is 48.7 Å². The summed E-state index contributed by atoms with van der Waals surface area (Å²) in [7, 11) is 0. The quantitative estimate of drug-likeness (QED) is 0.757. The third-order valence-electron chi connectivity index (χ3n) is 2.75. The maximum atomic E-state index is 10.7. The number of anilines is 2. The fraction of sp³-hybridized carbons (Fsp3) is 0.0714. The van der Waals surface area contributed by atoms with Crippen LogP contribution in [-0.2, 0) is 11.2 Å². The van der Waals surface area contributed by atoms with Crippen LogP contribution >= 0.6 is 0 Å². The van der Waals surface area contributed by atoms with E-state index in [1.165, 1.54) is 0 Å². The van der Waals surface area contributed by atoms with Crippen LogP contribution in [0, 0.1) is 0 Å². The molecule has 2 heterocycles. The molecule has 0 amide bonds. The van der Waals surface area contributed by atoms with Gasteiger partial charge in [-0.3, -0.25) is 4.79 Å². The van der Waals surface area contributed by atoms with Crippen molar-refractivity contribution in [3.8, 4) is 0 Å². The highest BCUT2D eigenvalue weighted by Gasteiger charge is 2.07. The van der Waals surface area contributed by atoms with E-state index in [0.717, 1.165) is 5.69 Å². The molecule has 0 saturated carbocycles. The predicted molar refractivity (Wildman–Crippen MR) is 74.1 cm³/mol. The van der Waals surface area contributed by atoms with E-state index in [1.807, 2.05) is 30.3 Å². The second-order valence-corrected chi connectivity index (χ2v) is 4.32. The fourth-order valence-electron chi connectivity index (χ4n) is 1.91. The standard InChI is InChI=1S/C14H12N4O2/c19-14(20)8-11-9-18-13(16-11)7-6-12(17-18)15-10-4-2-1-3-5-10/h1-7,9H,8H2,(H,15,17)(H,19,20). The minimum Gasteiger partial charge on any atom is -0.481 e. The Kier molecular flexibility index (Phi) is 3.04. The largest absolute Gasteiger partial charge is 0.481 e. The SMILES string of the molecule is O=C(O)Cc1cn2nc(Nc3ccccc3)ccc2n1. The molecule has 0 atom stereocenters. The number of hydrogen-bond acceptors (Lipinski definition) is 4. The maximum absolute atomic E-state index is 10.7. The van der Waals surface area contributed by atoms with Gasteiger partial charge in [0.05, 0.1) is 18.3 Å². The van der Waals surface area contributed by atoms with Crippen LogP contribution in [0.25, 0.3) is 5.65 Å². The summed E-state index contributed by atoms with van der Waals surface area (Å²) in [5.74, 6) is -0.237. The Morgan fingerprint density at radius 2 is 2.00 bits per heavy atom. The molecule has 3 aromatic rings. The monoisotopic (exact) mass is 268 g/mol. The number of nitrogens with one attached hydrogen (secondary N) is 1. The summed E-state index contributed by atoms with van der Waals surface area (Å²) >= 11 is 0. The lowest BCUT2D eigenvalue weighted by Gasteiger charge is -2.04. The van der Waals surface area contributed by atoms with Crippen molar-refractivity contribution in [2.75, 3.05) is 5.32 Å². The molecule has 2 aromatic heterocycles. The summed E-state index contributed by atoms with van der Waals surface area (Å²) in [5, 5.41) is 16.3. The van der Waals surface area contributed by atoms with Gasteiger partial charge in [0.15, 0.2) is 11.5 Å². The van der Waals surface area contributed by atoms with Gasteiger partial charge in [0.25, 0.3) is 0 Å². The van der Waals surface area contributed by atoms with E-state index < -0.39 is 5.97 Å². The fourth-order valence-corrected chi connectivity index (χ4v) is 1.91. The number of benzene rings is 1. The highest BCUT2D eigenvalue weighted by molar-refractivity contribution is 5.69. The summed E-state index contributed by atoms with van der Waals surface area (Å²) in [6.45, 7) is 0. The Balaban J connectivity index is 1.88. The first-order valence-corrected chi connectivity index (χ1v) is 6.10. The zero-order chi connectivity index (χ0) is 13.9. The summed E-state index contributed by atoms with van der Waals surface area (Å²) in [4.78, 5) is 14.9. The Bertz CT molecular complexity index is 752. The normalized spacial score (nSPS) is 10.6. The van der Waals surface area contributed by atoms with Crippen molar-refractivity contribution in [2.45, 2.75) is 6.42 Å². The molecule has 20 heavy (non-hydrogen) atoms. The summed E-state index contributed by atoms with van der Waals surface area (Å²) < 4.78 is 1.57. The molecule has 0 bridgehead atoms. The molecule has 6 heteroatoms. The van der Waals surface area contributed by atoms with Crippen molar-refractivity contribution in [1.29, 1.82) is 0 Å². The van der Waals surface area contributed by atoms with Gasteiger partial charge in [-0.25, -0.2) is 9.50 Å². The number of aliphatic carboxylic acids is 1. The molecular formula is C14H12N4O2. The number of carboxylic acids is 1. The van der Waals surface area contributed by atoms with Gasteiger partial charge in [-0.15, -0.1) is 5.10 Å². The second kappa shape index (κ2) is 5.00. The zero-order valence-corrected chi connectivity index (χ0v) is 10.5. The Morgan fingerprint density at radius 3 is 2.75 bits per heavy atom. The number of rotatable bonds is 4. The van der Waals surface area contributed by atoms with E-state index in [2.05, 4.69) is 15.4 Å². The van der Waals surface area contributed by atoms with Crippen molar-refractivity contribution in [3.05, 3.63) is 54.4 Å². The van der Waals surface area contributed by atoms with E-state index in [9.17, 15) is 4.79 Å². The van der Waals surface area contributed by atoms with Crippen LogP contribution < -0.4 is 5.32 Å². The molecule has 0 unspecified atom stereocenters. The number of carbonyl (C=O) groups is 1. The van der Waals surface area contributed by atoms with Crippen LogP contribution in [0.4, 0.5) is 11.5 Å². The smallest absolute Gasteiger partial charge is 0.309 e. The molecule has 2 N–H and O–H groups in total. The maximum Gasteiger partial charge on any atom is 0.309 e. The highest BCUT2D eigenvalue weighted by Crippen LogP contribution is 2.14. The molecule has 3 rings (SSSR count). The lowest BCUT2D eigenvalue weighted by molar-refractivity contribution is -0.136. The van der Waals surface area contributed by atoms with Gasteiger partial charge in [0.2, 0.25) is 0 Å². The molecule has 100 valence electrons. The Hall–Kier alpha value is -2.89. The van der Waals surface area contributed by atoms with Crippen molar-refractivity contribution in [2.24, 2.45) is 0 Å². The van der Waals surface area contributed by atoms with Crippen molar-refractivity contribution in [3.63, 3.8) is 0 Å². The highest BCUT2D eigenvalue weighted by atomic mass is 16.4. The molecular weight excluding hydrogens is 256 g/mol. The van der Waals surface area contributed by atoms with Crippen LogP contribution in [0.2, 0.25) is 0 Å². The van der Waals surface area contributed by atoms with Crippen molar-refractivity contribution < 1.29 is 9.90 Å². The summed E-state index contributed by atoms with van der Waals surface area (Å²) in [6, 6.07) is 13.3. The number of carboxylic acid groups (broad SMARTS) is 1. The first kappa shape index (κ1) is 12.2. The second-order valence-electron chi connectivity index (χ2n) is 4.32. The van der Waals surface area contributed by atoms with Crippen LogP contribution in [-0.4, -0.2) is 25.7 Å².